The fraction of sp³-hybridized carbons (Fsp3) is 0.682. The summed E-state index contributed by atoms with van der Waals surface area (Å²) in [4.78, 5) is 17.2. The van der Waals surface area contributed by atoms with E-state index < -0.39 is 10.0 Å². The average molecular weight is 437 g/mol. The highest BCUT2D eigenvalue weighted by Crippen LogP contribution is 2.25. The molecular weight excluding hydrogens is 400 g/mol. The molecule has 2 aliphatic rings. The molecule has 0 aliphatic carbocycles. The molecule has 0 radical (unpaired) electrons. The number of likely N-dealkylation sites (tertiary alicyclic amines) is 1. The van der Waals surface area contributed by atoms with Crippen molar-refractivity contribution in [1.29, 1.82) is 0 Å². The monoisotopic (exact) mass is 436 g/mol. The Kier molecular flexibility index (Phi) is 7.90. The van der Waals surface area contributed by atoms with Crippen LogP contribution in [0.5, 0.6) is 0 Å². The Hall–Kier alpha value is -1.48. The number of piperazine rings is 1. The summed E-state index contributed by atoms with van der Waals surface area (Å²) in [6, 6.07) is 5.67. The van der Waals surface area contributed by atoms with Crippen LogP contribution in [0.1, 0.15) is 37.3 Å². The van der Waals surface area contributed by atoms with Gasteiger partial charge in [0.2, 0.25) is 15.9 Å². The first-order valence-electron chi connectivity index (χ1n) is 11.1. The van der Waals surface area contributed by atoms with Gasteiger partial charge in [0.05, 0.1) is 4.90 Å². The largest absolute Gasteiger partial charge is 0.340 e. The van der Waals surface area contributed by atoms with Crippen molar-refractivity contribution in [1.82, 2.24) is 19.4 Å². The van der Waals surface area contributed by atoms with Crippen molar-refractivity contribution >= 4 is 15.9 Å². The second-order valence-electron chi connectivity index (χ2n) is 8.44. The lowest BCUT2D eigenvalue weighted by atomic mass is 10.2. The molecule has 2 heterocycles. The van der Waals surface area contributed by atoms with Crippen LogP contribution in [0.3, 0.4) is 0 Å². The Bertz CT molecular complexity index is 837. The Labute approximate surface area is 181 Å². The van der Waals surface area contributed by atoms with Crippen molar-refractivity contribution in [2.75, 3.05) is 52.4 Å². The summed E-state index contributed by atoms with van der Waals surface area (Å²) < 4.78 is 28.8. The van der Waals surface area contributed by atoms with Crippen LogP contribution in [-0.4, -0.2) is 86.8 Å². The molecule has 0 aromatic heterocycles. The first-order valence-corrected chi connectivity index (χ1v) is 12.6. The lowest BCUT2D eigenvalue weighted by Gasteiger charge is -2.31. The van der Waals surface area contributed by atoms with E-state index in [0.717, 1.165) is 50.1 Å². The maximum absolute atomic E-state index is 13.6. The summed E-state index contributed by atoms with van der Waals surface area (Å²) in [6.45, 7) is 11.5. The average Bonchev–Trinajstić information content (AvgIpc) is 3.18. The quantitative estimate of drug-likeness (QED) is 0.670. The maximum Gasteiger partial charge on any atom is 0.243 e. The van der Waals surface area contributed by atoms with Crippen molar-refractivity contribution in [2.24, 2.45) is 0 Å². The number of amides is 1. The van der Waals surface area contributed by atoms with E-state index in [0.29, 0.717) is 24.5 Å². The smallest absolute Gasteiger partial charge is 0.243 e. The molecule has 1 atom stereocenters. The number of nitrogens with one attached hydrogen (secondary N) is 1. The highest BCUT2D eigenvalue weighted by molar-refractivity contribution is 7.89. The van der Waals surface area contributed by atoms with Crippen LogP contribution in [0.15, 0.2) is 23.1 Å². The Morgan fingerprint density at radius 3 is 2.60 bits per heavy atom. The number of carbonyl (C=O) groups is 1. The second kappa shape index (κ2) is 10.2. The molecule has 1 N–H and O–H groups in total. The number of aryl methyl sites for hydroxylation is 2. The van der Waals surface area contributed by atoms with Gasteiger partial charge in [0.25, 0.3) is 0 Å². The Morgan fingerprint density at radius 2 is 1.93 bits per heavy atom. The molecule has 2 saturated heterocycles. The van der Waals surface area contributed by atoms with Gasteiger partial charge in [0, 0.05) is 51.7 Å². The molecule has 168 valence electrons. The van der Waals surface area contributed by atoms with Gasteiger partial charge in [-0.3, -0.25) is 9.69 Å². The summed E-state index contributed by atoms with van der Waals surface area (Å²) in [6.07, 6.45) is 2.32. The lowest BCUT2D eigenvalue weighted by Crippen LogP contribution is -2.48. The van der Waals surface area contributed by atoms with Crippen LogP contribution in [-0.2, 0) is 14.8 Å². The summed E-state index contributed by atoms with van der Waals surface area (Å²) in [5.41, 5.74) is 1.80. The predicted octanol–water partition coefficient (Wildman–Crippen LogP) is 1.60. The van der Waals surface area contributed by atoms with Gasteiger partial charge in [-0.05, 0) is 51.4 Å². The van der Waals surface area contributed by atoms with E-state index in [4.69, 9.17) is 0 Å². The SMILES string of the molecule is CCN1CCCC1CN(CCC(=O)N1CCNCC1)S(=O)(=O)c1ccc(C)cc1C. The van der Waals surface area contributed by atoms with Crippen LogP contribution in [0.2, 0.25) is 0 Å². The van der Waals surface area contributed by atoms with Crippen molar-refractivity contribution < 1.29 is 13.2 Å². The number of sulfonamides is 1. The van der Waals surface area contributed by atoms with Crippen LogP contribution < -0.4 is 5.32 Å². The molecule has 3 rings (SSSR count). The predicted molar refractivity (Wildman–Crippen MR) is 119 cm³/mol. The topological polar surface area (TPSA) is 73.0 Å². The van der Waals surface area contributed by atoms with E-state index in [-0.39, 0.29) is 24.9 Å². The van der Waals surface area contributed by atoms with Crippen LogP contribution in [0.4, 0.5) is 0 Å². The lowest BCUT2D eigenvalue weighted by molar-refractivity contribution is -0.131. The molecule has 0 bridgehead atoms. The van der Waals surface area contributed by atoms with Crippen molar-refractivity contribution in [3.05, 3.63) is 29.3 Å². The van der Waals surface area contributed by atoms with Gasteiger partial charge in [-0.2, -0.15) is 4.31 Å². The molecule has 0 spiro atoms. The maximum atomic E-state index is 13.6. The second-order valence-corrected chi connectivity index (χ2v) is 10.3. The van der Waals surface area contributed by atoms with E-state index in [1.807, 2.05) is 30.9 Å². The van der Waals surface area contributed by atoms with E-state index in [9.17, 15) is 13.2 Å². The van der Waals surface area contributed by atoms with Crippen molar-refractivity contribution in [2.45, 2.75) is 51.0 Å². The molecular formula is C22H36N4O3S. The molecule has 8 heteroatoms. The molecule has 30 heavy (non-hydrogen) atoms. The zero-order chi connectivity index (χ0) is 21.7. The first-order chi connectivity index (χ1) is 14.3. The zero-order valence-corrected chi connectivity index (χ0v) is 19.4. The highest BCUT2D eigenvalue weighted by atomic mass is 32.2. The van der Waals surface area contributed by atoms with Gasteiger partial charge >= 0.3 is 0 Å². The third-order valence-electron chi connectivity index (χ3n) is 6.31. The number of hydrogen-bond donors (Lipinski definition) is 1. The van der Waals surface area contributed by atoms with E-state index >= 15 is 0 Å². The Morgan fingerprint density at radius 1 is 1.20 bits per heavy atom. The van der Waals surface area contributed by atoms with Crippen LogP contribution >= 0.6 is 0 Å². The fourth-order valence-electron chi connectivity index (χ4n) is 4.58. The van der Waals surface area contributed by atoms with Gasteiger partial charge in [-0.25, -0.2) is 8.42 Å². The molecule has 1 amide bonds. The normalized spacial score (nSPS) is 20.8. The minimum absolute atomic E-state index is 0.0381. The third-order valence-corrected chi connectivity index (χ3v) is 8.34. The van der Waals surface area contributed by atoms with Gasteiger partial charge in [0.1, 0.15) is 0 Å². The molecule has 0 saturated carbocycles. The summed E-state index contributed by atoms with van der Waals surface area (Å²) in [5.74, 6) is 0.0381. The number of nitrogens with zero attached hydrogens (tertiary/aromatic N) is 3. The van der Waals surface area contributed by atoms with Gasteiger partial charge in [-0.15, -0.1) is 0 Å². The highest BCUT2D eigenvalue weighted by Gasteiger charge is 2.33. The molecule has 1 aromatic rings. The molecule has 1 unspecified atom stereocenters. The van der Waals surface area contributed by atoms with Gasteiger partial charge in [0.15, 0.2) is 0 Å². The summed E-state index contributed by atoms with van der Waals surface area (Å²) in [5, 5.41) is 3.24. The molecule has 2 fully saturated rings. The molecule has 2 aliphatic heterocycles. The first kappa shape index (κ1) is 23.2. The van der Waals surface area contributed by atoms with Crippen LogP contribution in [0, 0.1) is 13.8 Å². The molecule has 7 nitrogen and oxygen atoms in total. The van der Waals surface area contributed by atoms with E-state index in [1.165, 1.54) is 0 Å². The number of carbonyl (C=O) groups excluding carboxylic acids is 1. The molecule has 1 aromatic carbocycles. The fourth-order valence-corrected chi connectivity index (χ4v) is 6.27. The van der Waals surface area contributed by atoms with Crippen LogP contribution in [0.25, 0.3) is 0 Å². The number of hydrogen-bond acceptors (Lipinski definition) is 5. The summed E-state index contributed by atoms with van der Waals surface area (Å²) >= 11 is 0. The minimum atomic E-state index is -3.67. The van der Waals surface area contributed by atoms with Gasteiger partial charge in [-0.1, -0.05) is 24.6 Å². The Balaban J connectivity index is 1.80. The number of likely N-dealkylation sites (N-methyl/N-ethyl adjacent to an activating group) is 1. The third kappa shape index (κ3) is 5.41. The minimum Gasteiger partial charge on any atom is -0.340 e. The van der Waals surface area contributed by atoms with E-state index in [1.54, 1.807) is 10.4 Å². The van der Waals surface area contributed by atoms with Gasteiger partial charge < -0.3 is 10.2 Å². The number of rotatable bonds is 8. The number of benzene rings is 1. The standard InChI is InChI=1S/C22H36N4O3S/c1-4-24-12-5-6-20(24)17-26(13-9-22(27)25-14-10-23-11-15-25)30(28,29)21-8-7-18(2)16-19(21)3/h7-8,16,20,23H,4-6,9-15,17H2,1-3H3. The zero-order valence-electron chi connectivity index (χ0n) is 18.6. The van der Waals surface area contributed by atoms with E-state index in [2.05, 4.69) is 17.1 Å². The van der Waals surface area contributed by atoms with Crippen molar-refractivity contribution in [3.8, 4) is 0 Å². The summed E-state index contributed by atoms with van der Waals surface area (Å²) in [7, 11) is -3.67. The van der Waals surface area contributed by atoms with Crippen molar-refractivity contribution in [3.63, 3.8) is 0 Å².